The molecule has 2 amide bonds. The number of benzene rings is 2. The number of nitrogens with zero attached hydrogens (tertiary/aromatic N) is 1. The zero-order valence-electron chi connectivity index (χ0n) is 15.5. The quantitative estimate of drug-likeness (QED) is 0.685. The van der Waals surface area contributed by atoms with Gasteiger partial charge in [-0.05, 0) is 67.3 Å². The van der Waals surface area contributed by atoms with E-state index in [0.717, 1.165) is 29.1 Å². The van der Waals surface area contributed by atoms with Gasteiger partial charge >= 0.3 is 6.03 Å². The lowest BCUT2D eigenvalue weighted by Gasteiger charge is -2.13. The Bertz CT molecular complexity index is 891. The molecular weight excluding hydrogens is 322 g/mol. The number of aromatic nitrogens is 1. The van der Waals surface area contributed by atoms with Gasteiger partial charge in [-0.2, -0.15) is 0 Å². The topological polar surface area (TPSA) is 46.1 Å². The Labute approximate surface area is 154 Å². The Balaban J connectivity index is 1.61. The number of carbonyl (C=O) groups excluding carboxylic acids is 1. The number of hydrogen-bond acceptors (Lipinski definition) is 1. The van der Waals surface area contributed by atoms with Crippen molar-refractivity contribution in [3.63, 3.8) is 0 Å². The Hall–Kier alpha value is -3.01. The summed E-state index contributed by atoms with van der Waals surface area (Å²) in [7, 11) is 0. The lowest BCUT2D eigenvalue weighted by Crippen LogP contribution is -2.29. The van der Waals surface area contributed by atoms with Crippen LogP contribution >= 0.6 is 0 Å². The lowest BCUT2D eigenvalue weighted by atomic mass is 10.1. The van der Waals surface area contributed by atoms with Crippen molar-refractivity contribution in [2.45, 2.75) is 33.9 Å². The molecule has 0 aliphatic heterocycles. The van der Waals surface area contributed by atoms with Gasteiger partial charge in [0.25, 0.3) is 0 Å². The van der Waals surface area contributed by atoms with E-state index in [9.17, 15) is 4.79 Å². The van der Waals surface area contributed by atoms with E-state index in [1.807, 2.05) is 50.4 Å². The molecule has 3 aromatic rings. The molecule has 0 atom stereocenters. The van der Waals surface area contributed by atoms with Crippen molar-refractivity contribution in [2.75, 3.05) is 5.32 Å². The third-order valence-electron chi connectivity index (χ3n) is 4.44. The molecule has 2 N–H and O–H groups in total. The fourth-order valence-electron chi connectivity index (χ4n) is 3.13. The van der Waals surface area contributed by atoms with Crippen LogP contribution in [-0.2, 0) is 13.1 Å². The molecule has 134 valence electrons. The molecule has 0 spiro atoms. The predicted octanol–water partition coefficient (Wildman–Crippen LogP) is 4.78. The van der Waals surface area contributed by atoms with Crippen LogP contribution in [0.2, 0.25) is 0 Å². The van der Waals surface area contributed by atoms with Gasteiger partial charge in [0.05, 0.1) is 6.54 Å². The third kappa shape index (κ3) is 4.54. The van der Waals surface area contributed by atoms with E-state index in [1.165, 1.54) is 11.1 Å². The number of anilines is 1. The minimum atomic E-state index is -0.196. The lowest BCUT2D eigenvalue weighted by molar-refractivity contribution is 0.251. The van der Waals surface area contributed by atoms with Gasteiger partial charge in [0.2, 0.25) is 0 Å². The summed E-state index contributed by atoms with van der Waals surface area (Å²) < 4.78 is 2.17. The first kappa shape index (κ1) is 17.8. The van der Waals surface area contributed by atoms with E-state index in [0.29, 0.717) is 6.54 Å². The molecule has 4 nitrogen and oxygen atoms in total. The SMILES string of the molecule is Cc1cc(C)cc(NC(=O)NCc2cccn2Cc2ccccc2C)c1. The van der Waals surface area contributed by atoms with Crippen LogP contribution in [0, 0.1) is 20.8 Å². The standard InChI is InChI=1S/C22H25N3O/c1-16-11-17(2)13-20(12-16)24-22(26)23-14-21-9-6-10-25(21)15-19-8-5-4-7-18(19)3/h4-13H,14-15H2,1-3H3,(H2,23,24,26). The molecule has 0 saturated carbocycles. The molecule has 1 aromatic heterocycles. The van der Waals surface area contributed by atoms with E-state index in [4.69, 9.17) is 0 Å². The van der Waals surface area contributed by atoms with Gasteiger partial charge < -0.3 is 15.2 Å². The van der Waals surface area contributed by atoms with Crippen LogP contribution in [0.5, 0.6) is 0 Å². The Morgan fingerprint density at radius 2 is 1.69 bits per heavy atom. The van der Waals surface area contributed by atoms with Crippen LogP contribution in [0.25, 0.3) is 0 Å². The van der Waals surface area contributed by atoms with Gasteiger partial charge in [-0.3, -0.25) is 0 Å². The number of carbonyl (C=O) groups is 1. The molecule has 4 heteroatoms. The number of hydrogen-bond donors (Lipinski definition) is 2. The van der Waals surface area contributed by atoms with Crippen LogP contribution in [-0.4, -0.2) is 10.6 Å². The van der Waals surface area contributed by atoms with Crippen LogP contribution in [0.4, 0.5) is 10.5 Å². The van der Waals surface area contributed by atoms with Crippen LogP contribution in [0.3, 0.4) is 0 Å². The Morgan fingerprint density at radius 3 is 2.42 bits per heavy atom. The highest BCUT2D eigenvalue weighted by Crippen LogP contribution is 2.14. The van der Waals surface area contributed by atoms with Gasteiger partial charge in [0, 0.05) is 24.1 Å². The molecule has 2 aromatic carbocycles. The highest BCUT2D eigenvalue weighted by Gasteiger charge is 2.07. The molecule has 0 radical (unpaired) electrons. The summed E-state index contributed by atoms with van der Waals surface area (Å²) in [5.41, 5.74) is 6.70. The first-order chi connectivity index (χ1) is 12.5. The van der Waals surface area contributed by atoms with Crippen LogP contribution in [0.15, 0.2) is 60.8 Å². The number of rotatable bonds is 5. The summed E-state index contributed by atoms with van der Waals surface area (Å²) in [4.78, 5) is 12.2. The molecule has 1 heterocycles. The van der Waals surface area contributed by atoms with Crippen molar-refractivity contribution < 1.29 is 4.79 Å². The van der Waals surface area contributed by atoms with E-state index in [-0.39, 0.29) is 6.03 Å². The minimum Gasteiger partial charge on any atom is -0.345 e. The highest BCUT2D eigenvalue weighted by atomic mass is 16.2. The first-order valence-corrected chi connectivity index (χ1v) is 8.83. The number of urea groups is 1. The van der Waals surface area contributed by atoms with Gasteiger partial charge in [-0.15, -0.1) is 0 Å². The summed E-state index contributed by atoms with van der Waals surface area (Å²) in [5, 5.41) is 5.85. The Morgan fingerprint density at radius 1 is 0.962 bits per heavy atom. The third-order valence-corrected chi connectivity index (χ3v) is 4.44. The largest absolute Gasteiger partial charge is 0.345 e. The summed E-state index contributed by atoms with van der Waals surface area (Å²) in [6.45, 7) is 7.45. The van der Waals surface area contributed by atoms with E-state index in [2.05, 4.69) is 46.4 Å². The van der Waals surface area contributed by atoms with Crippen molar-refractivity contribution >= 4 is 11.7 Å². The maximum Gasteiger partial charge on any atom is 0.319 e. The Kier molecular flexibility index (Phi) is 5.42. The van der Waals surface area contributed by atoms with Crippen molar-refractivity contribution in [3.8, 4) is 0 Å². The smallest absolute Gasteiger partial charge is 0.319 e. The zero-order valence-corrected chi connectivity index (χ0v) is 15.5. The average molecular weight is 347 g/mol. The van der Waals surface area contributed by atoms with Crippen LogP contribution < -0.4 is 10.6 Å². The zero-order chi connectivity index (χ0) is 18.5. The second-order valence-corrected chi connectivity index (χ2v) is 6.74. The number of amides is 2. The summed E-state index contributed by atoms with van der Waals surface area (Å²) in [5.74, 6) is 0. The molecule has 0 saturated heterocycles. The molecule has 0 unspecified atom stereocenters. The highest BCUT2D eigenvalue weighted by molar-refractivity contribution is 5.89. The van der Waals surface area contributed by atoms with Gasteiger partial charge in [-0.1, -0.05) is 30.3 Å². The fraction of sp³-hybridized carbons (Fsp3) is 0.227. The van der Waals surface area contributed by atoms with Crippen molar-refractivity contribution in [3.05, 3.63) is 88.7 Å². The van der Waals surface area contributed by atoms with Crippen molar-refractivity contribution in [1.82, 2.24) is 9.88 Å². The van der Waals surface area contributed by atoms with Crippen LogP contribution in [0.1, 0.15) is 27.9 Å². The molecule has 0 aliphatic rings. The molecule has 0 bridgehead atoms. The summed E-state index contributed by atoms with van der Waals surface area (Å²) >= 11 is 0. The van der Waals surface area contributed by atoms with E-state index in [1.54, 1.807) is 0 Å². The average Bonchev–Trinajstić information content (AvgIpc) is 3.01. The van der Waals surface area contributed by atoms with Crippen molar-refractivity contribution in [1.29, 1.82) is 0 Å². The second kappa shape index (κ2) is 7.91. The molecule has 3 rings (SSSR count). The molecule has 0 aliphatic carbocycles. The molecule has 0 fully saturated rings. The monoisotopic (exact) mass is 347 g/mol. The van der Waals surface area contributed by atoms with E-state index < -0.39 is 0 Å². The maximum atomic E-state index is 12.2. The van der Waals surface area contributed by atoms with Gasteiger partial charge in [0.15, 0.2) is 0 Å². The summed E-state index contributed by atoms with van der Waals surface area (Å²) in [6, 6.07) is 18.2. The number of aryl methyl sites for hydroxylation is 3. The van der Waals surface area contributed by atoms with E-state index >= 15 is 0 Å². The van der Waals surface area contributed by atoms with Gasteiger partial charge in [0.1, 0.15) is 0 Å². The maximum absolute atomic E-state index is 12.2. The van der Waals surface area contributed by atoms with Crippen molar-refractivity contribution in [2.24, 2.45) is 0 Å². The minimum absolute atomic E-state index is 0.196. The molecule has 26 heavy (non-hydrogen) atoms. The fourth-order valence-corrected chi connectivity index (χ4v) is 3.13. The first-order valence-electron chi connectivity index (χ1n) is 8.83. The summed E-state index contributed by atoms with van der Waals surface area (Å²) in [6.07, 6.45) is 2.05. The van der Waals surface area contributed by atoms with Gasteiger partial charge in [-0.25, -0.2) is 4.79 Å². The second-order valence-electron chi connectivity index (χ2n) is 6.74. The molecular formula is C22H25N3O. The normalized spacial score (nSPS) is 10.6. The predicted molar refractivity (Wildman–Crippen MR) is 106 cm³/mol. The number of nitrogens with one attached hydrogen (secondary N) is 2.